The van der Waals surface area contributed by atoms with Crippen LogP contribution >= 0.6 is 11.6 Å². The van der Waals surface area contributed by atoms with Crippen LogP contribution in [0, 0.1) is 6.92 Å². The summed E-state index contributed by atoms with van der Waals surface area (Å²) in [5.74, 6) is -0.801. The van der Waals surface area contributed by atoms with E-state index in [0.29, 0.717) is 16.3 Å². The zero-order chi connectivity index (χ0) is 31.7. The van der Waals surface area contributed by atoms with Crippen molar-refractivity contribution >= 4 is 39.1 Å². The van der Waals surface area contributed by atoms with Crippen molar-refractivity contribution < 1.29 is 18.0 Å². The van der Waals surface area contributed by atoms with Gasteiger partial charge in [-0.25, -0.2) is 8.42 Å². The highest BCUT2D eigenvalue weighted by molar-refractivity contribution is 7.92. The molecule has 4 aromatic carbocycles. The molecule has 7 nitrogen and oxygen atoms in total. The van der Waals surface area contributed by atoms with E-state index in [-0.39, 0.29) is 29.8 Å². The first-order valence-electron chi connectivity index (χ1n) is 14.6. The van der Waals surface area contributed by atoms with Gasteiger partial charge in [0.2, 0.25) is 11.8 Å². The molecule has 230 valence electrons. The number of anilines is 1. The largest absolute Gasteiger partial charge is 0.352 e. The van der Waals surface area contributed by atoms with Gasteiger partial charge in [0.1, 0.15) is 12.6 Å². The quantitative estimate of drug-likeness (QED) is 0.185. The van der Waals surface area contributed by atoms with Crippen LogP contribution in [-0.2, 0) is 32.6 Å². The predicted octanol–water partition coefficient (Wildman–Crippen LogP) is 6.40. The van der Waals surface area contributed by atoms with Crippen LogP contribution in [0.2, 0.25) is 5.02 Å². The van der Waals surface area contributed by atoms with Crippen LogP contribution in [0.25, 0.3) is 0 Å². The number of carbonyl (C=O) groups excluding carboxylic acids is 2. The van der Waals surface area contributed by atoms with E-state index < -0.39 is 28.5 Å². The molecule has 2 amide bonds. The molecule has 1 N–H and O–H groups in total. The standard InChI is InChI=1S/C35H38ClN3O4S/c1-4-27(3)37-35(41)33(23-28-14-7-5-8-15-28)38(24-29-16-9-6-10-17-29)34(40)25-39(32-18-12-11-13-26(32)2)44(42,43)31-21-19-30(36)20-22-31/h5-22,27,33H,4,23-25H2,1-3H3,(H,37,41). The average molecular weight is 632 g/mol. The van der Waals surface area contributed by atoms with Crippen molar-refractivity contribution in [3.05, 3.63) is 131 Å². The Hall–Kier alpha value is -4.14. The van der Waals surface area contributed by atoms with Crippen molar-refractivity contribution in [2.45, 2.75) is 57.1 Å². The van der Waals surface area contributed by atoms with E-state index in [1.807, 2.05) is 80.6 Å². The molecule has 0 heterocycles. The van der Waals surface area contributed by atoms with E-state index in [0.717, 1.165) is 21.9 Å². The third kappa shape index (κ3) is 8.27. The van der Waals surface area contributed by atoms with E-state index in [9.17, 15) is 18.0 Å². The summed E-state index contributed by atoms with van der Waals surface area (Å²) >= 11 is 6.06. The van der Waals surface area contributed by atoms with E-state index in [1.165, 1.54) is 29.2 Å². The Balaban J connectivity index is 1.80. The number of hydrogen-bond donors (Lipinski definition) is 1. The number of nitrogens with one attached hydrogen (secondary N) is 1. The minimum absolute atomic E-state index is 0.00270. The lowest BCUT2D eigenvalue weighted by Crippen LogP contribution is -2.54. The van der Waals surface area contributed by atoms with Gasteiger partial charge in [-0.3, -0.25) is 13.9 Å². The Labute approximate surface area is 265 Å². The van der Waals surface area contributed by atoms with Crippen molar-refractivity contribution in [3.8, 4) is 0 Å². The van der Waals surface area contributed by atoms with Gasteiger partial charge in [-0.1, -0.05) is 97.4 Å². The molecule has 0 bridgehead atoms. The summed E-state index contributed by atoms with van der Waals surface area (Å²) in [6.45, 7) is 5.30. The van der Waals surface area contributed by atoms with Gasteiger partial charge in [-0.15, -0.1) is 0 Å². The Morgan fingerprint density at radius 3 is 1.98 bits per heavy atom. The molecule has 2 unspecified atom stereocenters. The fraction of sp³-hybridized carbons (Fsp3) is 0.257. The molecule has 44 heavy (non-hydrogen) atoms. The zero-order valence-electron chi connectivity index (χ0n) is 25.2. The van der Waals surface area contributed by atoms with Crippen molar-refractivity contribution in [1.82, 2.24) is 10.2 Å². The average Bonchev–Trinajstić information content (AvgIpc) is 3.03. The Bertz CT molecular complexity index is 1650. The van der Waals surface area contributed by atoms with Gasteiger partial charge in [0, 0.05) is 24.0 Å². The molecule has 9 heteroatoms. The molecular formula is C35H38ClN3O4S. The summed E-state index contributed by atoms with van der Waals surface area (Å²) in [6.07, 6.45) is 0.979. The number of amides is 2. The summed E-state index contributed by atoms with van der Waals surface area (Å²) in [5.41, 5.74) is 2.76. The summed E-state index contributed by atoms with van der Waals surface area (Å²) < 4.78 is 29.4. The SMILES string of the molecule is CCC(C)NC(=O)C(Cc1ccccc1)N(Cc1ccccc1)C(=O)CN(c1ccccc1C)S(=O)(=O)c1ccc(Cl)cc1. The molecule has 0 aliphatic carbocycles. The highest BCUT2D eigenvalue weighted by atomic mass is 35.5. The lowest BCUT2D eigenvalue weighted by atomic mass is 10.0. The normalized spacial score (nSPS) is 12.6. The molecule has 4 rings (SSSR count). The fourth-order valence-electron chi connectivity index (χ4n) is 4.87. The first kappa shape index (κ1) is 32.8. The number of aryl methyl sites for hydroxylation is 1. The minimum atomic E-state index is -4.20. The number of para-hydroxylation sites is 1. The van der Waals surface area contributed by atoms with Crippen LogP contribution in [0.4, 0.5) is 5.69 Å². The fourth-order valence-corrected chi connectivity index (χ4v) is 6.47. The number of nitrogens with zero attached hydrogens (tertiary/aromatic N) is 2. The highest BCUT2D eigenvalue weighted by Crippen LogP contribution is 2.28. The first-order valence-corrected chi connectivity index (χ1v) is 16.4. The monoisotopic (exact) mass is 631 g/mol. The summed E-state index contributed by atoms with van der Waals surface area (Å²) in [5, 5.41) is 3.45. The molecule has 0 fully saturated rings. The smallest absolute Gasteiger partial charge is 0.264 e. The Morgan fingerprint density at radius 2 is 1.39 bits per heavy atom. The van der Waals surface area contributed by atoms with E-state index >= 15 is 0 Å². The maximum Gasteiger partial charge on any atom is 0.264 e. The molecule has 0 saturated heterocycles. The van der Waals surface area contributed by atoms with Crippen LogP contribution in [0.1, 0.15) is 37.0 Å². The number of hydrogen-bond acceptors (Lipinski definition) is 4. The predicted molar refractivity (Wildman–Crippen MR) is 176 cm³/mol. The number of sulfonamides is 1. The Kier molecular flexibility index (Phi) is 11.2. The lowest BCUT2D eigenvalue weighted by molar-refractivity contribution is -0.140. The molecule has 0 aliphatic heterocycles. The minimum Gasteiger partial charge on any atom is -0.352 e. The van der Waals surface area contributed by atoms with Crippen LogP contribution < -0.4 is 9.62 Å². The van der Waals surface area contributed by atoms with Crippen molar-refractivity contribution in [3.63, 3.8) is 0 Å². The second-order valence-electron chi connectivity index (χ2n) is 10.8. The first-order chi connectivity index (χ1) is 21.1. The molecule has 0 radical (unpaired) electrons. The van der Waals surface area contributed by atoms with Gasteiger partial charge in [-0.05, 0) is 67.3 Å². The van der Waals surface area contributed by atoms with Gasteiger partial charge in [0.15, 0.2) is 0 Å². The molecular weight excluding hydrogens is 594 g/mol. The van der Waals surface area contributed by atoms with Gasteiger partial charge >= 0.3 is 0 Å². The van der Waals surface area contributed by atoms with Gasteiger partial charge in [0.05, 0.1) is 10.6 Å². The highest BCUT2D eigenvalue weighted by Gasteiger charge is 2.35. The third-order valence-electron chi connectivity index (χ3n) is 7.53. The number of benzene rings is 4. The molecule has 0 spiro atoms. The zero-order valence-corrected chi connectivity index (χ0v) is 26.8. The van der Waals surface area contributed by atoms with Crippen LogP contribution in [0.3, 0.4) is 0 Å². The van der Waals surface area contributed by atoms with Gasteiger partial charge in [-0.2, -0.15) is 0 Å². The molecule has 0 aliphatic rings. The maximum absolute atomic E-state index is 14.5. The third-order valence-corrected chi connectivity index (χ3v) is 9.56. The van der Waals surface area contributed by atoms with Crippen LogP contribution in [0.5, 0.6) is 0 Å². The molecule has 4 aromatic rings. The van der Waals surface area contributed by atoms with Crippen molar-refractivity contribution in [1.29, 1.82) is 0 Å². The van der Waals surface area contributed by atoms with Crippen molar-refractivity contribution in [2.24, 2.45) is 0 Å². The van der Waals surface area contributed by atoms with E-state index in [2.05, 4.69) is 5.32 Å². The van der Waals surface area contributed by atoms with E-state index in [4.69, 9.17) is 11.6 Å². The number of rotatable bonds is 13. The summed E-state index contributed by atoms with van der Waals surface area (Å²) in [7, 11) is -4.20. The number of carbonyl (C=O) groups is 2. The van der Waals surface area contributed by atoms with Crippen molar-refractivity contribution in [2.75, 3.05) is 10.8 Å². The number of halogens is 1. The van der Waals surface area contributed by atoms with Gasteiger partial charge in [0.25, 0.3) is 10.0 Å². The maximum atomic E-state index is 14.5. The van der Waals surface area contributed by atoms with Crippen LogP contribution in [0.15, 0.2) is 114 Å². The summed E-state index contributed by atoms with van der Waals surface area (Å²) in [4.78, 5) is 29.9. The summed E-state index contributed by atoms with van der Waals surface area (Å²) in [6, 6.07) is 30.8. The van der Waals surface area contributed by atoms with Gasteiger partial charge < -0.3 is 10.2 Å². The van der Waals surface area contributed by atoms with Crippen LogP contribution in [-0.4, -0.2) is 43.8 Å². The lowest BCUT2D eigenvalue weighted by Gasteiger charge is -2.34. The topological polar surface area (TPSA) is 86.8 Å². The van der Waals surface area contributed by atoms with E-state index in [1.54, 1.807) is 25.1 Å². The molecule has 0 aromatic heterocycles. The molecule has 2 atom stereocenters. The Morgan fingerprint density at radius 1 is 0.818 bits per heavy atom. The second-order valence-corrected chi connectivity index (χ2v) is 13.1. The second kappa shape index (κ2) is 15.0. The molecule has 0 saturated carbocycles.